The van der Waals surface area contributed by atoms with Crippen LogP contribution in [-0.2, 0) is 0 Å². The Hall–Kier alpha value is -0.990. The lowest BCUT2D eigenvalue weighted by Gasteiger charge is -1.74. The van der Waals surface area contributed by atoms with Crippen molar-refractivity contribution in [2.75, 3.05) is 0 Å². The molecule has 0 unspecified atom stereocenters. The Balaban J connectivity index is 3.46. The smallest absolute Gasteiger partial charge is 0.184 e. The molecule has 4 N–H and O–H groups in total. The number of hydrogen-bond acceptors (Lipinski definition) is 2. The van der Waals surface area contributed by atoms with Gasteiger partial charge in [0.15, 0.2) is 5.95 Å². The van der Waals surface area contributed by atoms with Crippen LogP contribution in [-0.4, -0.2) is 0 Å². The van der Waals surface area contributed by atoms with Crippen LogP contribution in [0.1, 0.15) is 0 Å². The Morgan fingerprint density at radius 3 is 2.29 bits per heavy atom. The highest BCUT2D eigenvalue weighted by Crippen LogP contribution is 1.81. The molecule has 0 heterocycles. The third-order valence-corrected chi connectivity index (χ3v) is 0.367. The Morgan fingerprint density at radius 2 is 2.14 bits per heavy atom. The lowest BCUT2D eigenvalue weighted by molar-refractivity contribution is 0.627. The first-order valence-electron chi connectivity index (χ1n) is 1.77. The van der Waals surface area contributed by atoms with Gasteiger partial charge < -0.3 is 11.5 Å². The van der Waals surface area contributed by atoms with Crippen LogP contribution in [0, 0.1) is 0 Å². The fourth-order valence-corrected chi connectivity index (χ4v) is 0.147. The lowest BCUT2D eigenvalue weighted by Crippen LogP contribution is -1.86. The van der Waals surface area contributed by atoms with Gasteiger partial charge in [-0.05, 0) is 18.4 Å². The van der Waals surface area contributed by atoms with Crippen LogP contribution in [0.15, 0.2) is 24.3 Å². The average Bonchev–Trinajstić information content (AvgIpc) is 1.61. The molecule has 7 heavy (non-hydrogen) atoms. The summed E-state index contributed by atoms with van der Waals surface area (Å²) in [6, 6.07) is 0. The highest BCUT2D eigenvalue weighted by molar-refractivity contribution is 5.02. The van der Waals surface area contributed by atoms with Gasteiger partial charge >= 0.3 is 0 Å². The fraction of sp³-hybridized carbons (Fsp3) is 0. The maximum atomic E-state index is 11.4. The molecule has 2 nitrogen and oxygen atoms in total. The Labute approximate surface area is 41.3 Å². The topological polar surface area (TPSA) is 52.0 Å². The van der Waals surface area contributed by atoms with Gasteiger partial charge in [0.1, 0.15) is 0 Å². The predicted molar refractivity (Wildman–Crippen MR) is 26.7 cm³/mol. The van der Waals surface area contributed by atoms with E-state index in [9.17, 15) is 4.39 Å². The largest absolute Gasteiger partial charge is 0.405 e. The summed E-state index contributed by atoms with van der Waals surface area (Å²) in [6.07, 6.45) is 3.59. The molecule has 0 aromatic heterocycles. The summed E-state index contributed by atoms with van der Waals surface area (Å²) in [5.41, 5.74) is 9.40. The summed E-state index contributed by atoms with van der Waals surface area (Å²) < 4.78 is 11.4. The molecule has 0 aliphatic rings. The minimum absolute atomic E-state index is 0.735. The van der Waals surface area contributed by atoms with Crippen molar-refractivity contribution in [3.63, 3.8) is 0 Å². The van der Waals surface area contributed by atoms with Crippen molar-refractivity contribution >= 4 is 0 Å². The molecule has 0 rings (SSSR count). The standard InChI is InChI=1S/C4H7FN2/c5-4(7)2-1-3-6/h1-3H,6-7H2/b3-1-,4-2-. The molecule has 0 aromatic carbocycles. The van der Waals surface area contributed by atoms with Gasteiger partial charge in [-0.2, -0.15) is 4.39 Å². The monoisotopic (exact) mass is 102 g/mol. The summed E-state index contributed by atoms with van der Waals surface area (Å²) in [5.74, 6) is -0.735. The predicted octanol–water partition coefficient (Wildman–Crippen LogP) is 0.228. The van der Waals surface area contributed by atoms with Crippen LogP contribution in [0.5, 0.6) is 0 Å². The van der Waals surface area contributed by atoms with Gasteiger partial charge in [-0.25, -0.2) is 0 Å². The molecule has 40 valence electrons. The summed E-state index contributed by atoms with van der Waals surface area (Å²) in [5, 5.41) is 0. The van der Waals surface area contributed by atoms with Crippen LogP contribution in [0.3, 0.4) is 0 Å². The van der Waals surface area contributed by atoms with Crippen molar-refractivity contribution < 1.29 is 4.39 Å². The van der Waals surface area contributed by atoms with Crippen molar-refractivity contribution in [2.45, 2.75) is 0 Å². The number of hydrogen-bond donors (Lipinski definition) is 2. The molecule has 0 fully saturated rings. The first-order valence-corrected chi connectivity index (χ1v) is 1.77. The van der Waals surface area contributed by atoms with Gasteiger partial charge in [0.2, 0.25) is 0 Å². The van der Waals surface area contributed by atoms with Crippen molar-refractivity contribution in [2.24, 2.45) is 11.5 Å². The number of nitrogens with two attached hydrogens (primary N) is 2. The van der Waals surface area contributed by atoms with Gasteiger partial charge in [0, 0.05) is 0 Å². The molecule has 0 amide bonds. The van der Waals surface area contributed by atoms with Gasteiger partial charge in [0.05, 0.1) is 0 Å². The van der Waals surface area contributed by atoms with Crippen LogP contribution >= 0.6 is 0 Å². The minimum Gasteiger partial charge on any atom is -0.405 e. The van der Waals surface area contributed by atoms with E-state index in [1.807, 2.05) is 0 Å². The van der Waals surface area contributed by atoms with Crippen LogP contribution in [0.4, 0.5) is 4.39 Å². The Bertz CT molecular complexity index is 91.9. The van der Waals surface area contributed by atoms with Crippen LogP contribution < -0.4 is 11.5 Å². The van der Waals surface area contributed by atoms with E-state index < -0.39 is 5.95 Å². The van der Waals surface area contributed by atoms with Crippen LogP contribution in [0.25, 0.3) is 0 Å². The van der Waals surface area contributed by atoms with Crippen molar-refractivity contribution in [1.29, 1.82) is 0 Å². The molecule has 0 aliphatic heterocycles. The SMILES string of the molecule is N/C=C\C=C(/N)F. The summed E-state index contributed by atoms with van der Waals surface area (Å²) >= 11 is 0. The Morgan fingerprint density at radius 1 is 1.57 bits per heavy atom. The summed E-state index contributed by atoms with van der Waals surface area (Å²) in [6.45, 7) is 0. The maximum Gasteiger partial charge on any atom is 0.184 e. The molecular formula is C4H7FN2. The second kappa shape index (κ2) is 3.21. The number of halogens is 1. The molecule has 0 aromatic rings. The molecule has 0 spiro atoms. The molecule has 0 bridgehead atoms. The van der Waals surface area contributed by atoms with Crippen molar-refractivity contribution in [3.05, 3.63) is 24.3 Å². The van der Waals surface area contributed by atoms with Crippen molar-refractivity contribution in [1.82, 2.24) is 0 Å². The zero-order chi connectivity index (χ0) is 5.70. The zero-order valence-corrected chi connectivity index (χ0v) is 3.76. The fourth-order valence-electron chi connectivity index (χ4n) is 0.147. The molecule has 0 aliphatic carbocycles. The minimum atomic E-state index is -0.735. The molecule has 0 radical (unpaired) electrons. The first-order chi connectivity index (χ1) is 3.27. The molecule has 0 atom stereocenters. The average molecular weight is 102 g/mol. The lowest BCUT2D eigenvalue weighted by atomic mass is 10.6. The second-order valence-electron chi connectivity index (χ2n) is 0.936. The second-order valence-corrected chi connectivity index (χ2v) is 0.936. The van der Waals surface area contributed by atoms with Gasteiger partial charge in [-0.1, -0.05) is 0 Å². The van der Waals surface area contributed by atoms with E-state index in [0.29, 0.717) is 0 Å². The maximum absolute atomic E-state index is 11.4. The molecule has 0 saturated carbocycles. The van der Waals surface area contributed by atoms with Gasteiger partial charge in [0.25, 0.3) is 0 Å². The van der Waals surface area contributed by atoms with E-state index >= 15 is 0 Å². The van der Waals surface area contributed by atoms with E-state index in [0.717, 1.165) is 6.08 Å². The zero-order valence-electron chi connectivity index (χ0n) is 3.76. The van der Waals surface area contributed by atoms with E-state index in [1.54, 1.807) is 0 Å². The Kier molecular flexibility index (Phi) is 2.76. The number of allylic oxidation sites excluding steroid dienone is 2. The van der Waals surface area contributed by atoms with E-state index in [-0.39, 0.29) is 0 Å². The molecule has 3 heteroatoms. The first kappa shape index (κ1) is 6.01. The third-order valence-electron chi connectivity index (χ3n) is 0.367. The van der Waals surface area contributed by atoms with E-state index in [4.69, 9.17) is 5.73 Å². The molecular weight excluding hydrogens is 95.1 g/mol. The van der Waals surface area contributed by atoms with Gasteiger partial charge in [-0.3, -0.25) is 0 Å². The van der Waals surface area contributed by atoms with Crippen molar-refractivity contribution in [3.8, 4) is 0 Å². The third kappa shape index (κ3) is 5.01. The summed E-state index contributed by atoms with van der Waals surface area (Å²) in [4.78, 5) is 0. The number of rotatable bonds is 1. The highest BCUT2D eigenvalue weighted by atomic mass is 19.1. The molecule has 0 saturated heterocycles. The quantitative estimate of drug-likeness (QED) is 0.368. The van der Waals surface area contributed by atoms with E-state index in [1.165, 1.54) is 12.3 Å². The normalized spacial score (nSPS) is 13.0. The van der Waals surface area contributed by atoms with E-state index in [2.05, 4.69) is 5.73 Å². The highest BCUT2D eigenvalue weighted by Gasteiger charge is 1.71. The summed E-state index contributed by atoms with van der Waals surface area (Å²) in [7, 11) is 0. The van der Waals surface area contributed by atoms with Gasteiger partial charge in [-0.15, -0.1) is 0 Å². The van der Waals surface area contributed by atoms with Crippen LogP contribution in [0.2, 0.25) is 0 Å².